The summed E-state index contributed by atoms with van der Waals surface area (Å²) in [5.74, 6) is 1.49. The summed E-state index contributed by atoms with van der Waals surface area (Å²) in [4.78, 5) is 21.0. The highest BCUT2D eigenvalue weighted by atomic mass is 127. The number of guanidine groups is 1. The molecule has 2 rings (SSSR count). The maximum Gasteiger partial charge on any atom is 0.410 e. The zero-order valence-corrected chi connectivity index (χ0v) is 19.9. The molecule has 0 aliphatic carbocycles. The minimum absolute atomic E-state index is 0. The molecule has 27 heavy (non-hydrogen) atoms. The Labute approximate surface area is 181 Å². The van der Waals surface area contributed by atoms with Crippen molar-refractivity contribution in [2.24, 2.45) is 10.9 Å². The van der Waals surface area contributed by atoms with E-state index < -0.39 is 5.60 Å². The number of piperidine rings is 1. The number of aliphatic imine (C=N–C) groups is 1. The van der Waals surface area contributed by atoms with Crippen molar-refractivity contribution in [3.05, 3.63) is 0 Å². The van der Waals surface area contributed by atoms with Gasteiger partial charge in [-0.2, -0.15) is 0 Å². The first kappa shape index (κ1) is 24.3. The van der Waals surface area contributed by atoms with Gasteiger partial charge >= 0.3 is 6.09 Å². The fourth-order valence-electron chi connectivity index (χ4n) is 3.37. The molecule has 2 aliphatic rings. The molecule has 0 radical (unpaired) electrons. The molecule has 2 fully saturated rings. The Balaban J connectivity index is 0.00000364. The van der Waals surface area contributed by atoms with Gasteiger partial charge in [-0.15, -0.1) is 24.0 Å². The molecule has 158 valence electrons. The second-order valence-electron chi connectivity index (χ2n) is 8.35. The minimum Gasteiger partial charge on any atom is -0.444 e. The molecule has 2 aliphatic heterocycles. The van der Waals surface area contributed by atoms with Crippen molar-refractivity contribution >= 4 is 36.0 Å². The summed E-state index contributed by atoms with van der Waals surface area (Å²) in [5, 5.41) is 6.76. The molecule has 0 aromatic heterocycles. The van der Waals surface area contributed by atoms with Gasteiger partial charge in [0.2, 0.25) is 0 Å². The van der Waals surface area contributed by atoms with Gasteiger partial charge in [-0.05, 0) is 59.5 Å². The summed E-state index contributed by atoms with van der Waals surface area (Å²) in [6.07, 6.45) is 2.29. The van der Waals surface area contributed by atoms with Crippen molar-refractivity contribution in [2.75, 3.05) is 45.8 Å². The first-order valence-electron chi connectivity index (χ1n) is 10.1. The lowest BCUT2D eigenvalue weighted by Gasteiger charge is -2.40. The summed E-state index contributed by atoms with van der Waals surface area (Å²) in [6.45, 7) is 16.5. The van der Waals surface area contributed by atoms with E-state index in [1.165, 1.54) is 19.4 Å². The molecule has 0 spiro atoms. The standard InChI is InChI=1S/C19H37N5O2.HI/c1-6-20-17(21-11-15-9-8-10-23(7-2)12-15)22-16-13-24(14-16)18(25)26-19(3,4)5;/h15-16H,6-14H2,1-5H3,(H2,20,21,22);1H. The first-order chi connectivity index (χ1) is 12.3. The van der Waals surface area contributed by atoms with E-state index >= 15 is 0 Å². The lowest BCUT2D eigenvalue weighted by Crippen LogP contribution is -2.63. The quantitative estimate of drug-likeness (QED) is 0.349. The van der Waals surface area contributed by atoms with Crippen LogP contribution in [0.2, 0.25) is 0 Å². The zero-order valence-electron chi connectivity index (χ0n) is 17.6. The first-order valence-corrected chi connectivity index (χ1v) is 10.1. The van der Waals surface area contributed by atoms with E-state index in [9.17, 15) is 4.79 Å². The SMILES string of the molecule is CCNC(=NCC1CCCN(CC)C1)NC1CN(C(=O)OC(C)(C)C)C1.I. The predicted octanol–water partition coefficient (Wildman–Crippen LogP) is 2.51. The highest BCUT2D eigenvalue weighted by molar-refractivity contribution is 14.0. The van der Waals surface area contributed by atoms with Crippen LogP contribution >= 0.6 is 24.0 Å². The van der Waals surface area contributed by atoms with Crippen LogP contribution in [0.4, 0.5) is 4.79 Å². The van der Waals surface area contributed by atoms with E-state index in [2.05, 4.69) is 29.4 Å². The summed E-state index contributed by atoms with van der Waals surface area (Å²) in [6, 6.07) is 0.235. The van der Waals surface area contributed by atoms with Crippen LogP contribution in [0.5, 0.6) is 0 Å². The van der Waals surface area contributed by atoms with Crippen LogP contribution in [-0.2, 0) is 4.74 Å². The molecule has 1 atom stereocenters. The van der Waals surface area contributed by atoms with Crippen LogP contribution < -0.4 is 10.6 Å². The number of rotatable bonds is 5. The molecule has 0 bridgehead atoms. The Kier molecular flexibility index (Phi) is 10.1. The third-order valence-corrected chi connectivity index (χ3v) is 4.78. The minimum atomic E-state index is -0.446. The lowest BCUT2D eigenvalue weighted by molar-refractivity contribution is 0.00700. The number of nitrogens with one attached hydrogen (secondary N) is 2. The second-order valence-corrected chi connectivity index (χ2v) is 8.35. The lowest BCUT2D eigenvalue weighted by atomic mass is 9.98. The molecule has 0 saturated carbocycles. The van der Waals surface area contributed by atoms with Gasteiger partial charge < -0.3 is 25.2 Å². The van der Waals surface area contributed by atoms with Gasteiger partial charge in [0, 0.05) is 32.7 Å². The average molecular weight is 495 g/mol. The van der Waals surface area contributed by atoms with E-state index in [1.54, 1.807) is 4.90 Å². The third-order valence-electron chi connectivity index (χ3n) is 4.78. The van der Waals surface area contributed by atoms with Crippen molar-refractivity contribution in [2.45, 2.75) is 59.1 Å². The number of carbonyl (C=O) groups excluding carboxylic acids is 1. The topological polar surface area (TPSA) is 69.2 Å². The number of likely N-dealkylation sites (tertiary alicyclic amines) is 2. The van der Waals surface area contributed by atoms with Gasteiger partial charge in [0.05, 0.1) is 6.04 Å². The van der Waals surface area contributed by atoms with E-state index in [1.807, 2.05) is 20.8 Å². The molecule has 0 aromatic rings. The average Bonchev–Trinajstić information content (AvgIpc) is 2.53. The molecule has 2 heterocycles. The van der Waals surface area contributed by atoms with Crippen molar-refractivity contribution in [1.82, 2.24) is 20.4 Å². The van der Waals surface area contributed by atoms with Crippen LogP contribution in [0.1, 0.15) is 47.5 Å². The third kappa shape index (κ3) is 8.41. The normalized spacial score (nSPS) is 21.9. The van der Waals surface area contributed by atoms with Crippen molar-refractivity contribution in [3.63, 3.8) is 0 Å². The number of carbonyl (C=O) groups is 1. The summed E-state index contributed by atoms with van der Waals surface area (Å²) >= 11 is 0. The molecule has 1 unspecified atom stereocenters. The van der Waals surface area contributed by atoms with Crippen LogP contribution in [0.3, 0.4) is 0 Å². The number of nitrogens with zero attached hydrogens (tertiary/aromatic N) is 3. The predicted molar refractivity (Wildman–Crippen MR) is 121 cm³/mol. The molecule has 7 nitrogen and oxygen atoms in total. The Morgan fingerprint density at radius 1 is 1.22 bits per heavy atom. The van der Waals surface area contributed by atoms with Crippen LogP contribution in [0.25, 0.3) is 0 Å². The van der Waals surface area contributed by atoms with Gasteiger partial charge in [-0.25, -0.2) is 4.79 Å². The van der Waals surface area contributed by atoms with Gasteiger partial charge in [-0.1, -0.05) is 6.92 Å². The van der Waals surface area contributed by atoms with E-state index in [4.69, 9.17) is 9.73 Å². The smallest absolute Gasteiger partial charge is 0.410 e. The van der Waals surface area contributed by atoms with Crippen LogP contribution in [-0.4, -0.2) is 79.3 Å². The Hall–Kier alpha value is -0.770. The van der Waals surface area contributed by atoms with Gasteiger partial charge in [0.25, 0.3) is 0 Å². The van der Waals surface area contributed by atoms with Gasteiger partial charge in [-0.3, -0.25) is 4.99 Å². The van der Waals surface area contributed by atoms with Crippen molar-refractivity contribution in [3.8, 4) is 0 Å². The Bertz CT molecular complexity index is 489. The molecular weight excluding hydrogens is 457 g/mol. The molecule has 2 N–H and O–H groups in total. The maximum absolute atomic E-state index is 12.0. The number of ether oxygens (including phenoxy) is 1. The van der Waals surface area contributed by atoms with Gasteiger partial charge in [0.1, 0.15) is 5.60 Å². The highest BCUT2D eigenvalue weighted by Gasteiger charge is 2.34. The van der Waals surface area contributed by atoms with Crippen molar-refractivity contribution < 1.29 is 9.53 Å². The number of halogens is 1. The molecule has 0 aromatic carbocycles. The number of hydrogen-bond donors (Lipinski definition) is 2. The van der Waals surface area contributed by atoms with Gasteiger partial charge in [0.15, 0.2) is 5.96 Å². The maximum atomic E-state index is 12.0. The fraction of sp³-hybridized carbons (Fsp3) is 0.895. The van der Waals surface area contributed by atoms with E-state index in [0.717, 1.165) is 32.1 Å². The van der Waals surface area contributed by atoms with Crippen LogP contribution in [0, 0.1) is 5.92 Å². The largest absolute Gasteiger partial charge is 0.444 e. The van der Waals surface area contributed by atoms with E-state index in [0.29, 0.717) is 19.0 Å². The summed E-state index contributed by atoms with van der Waals surface area (Å²) in [7, 11) is 0. The fourth-order valence-corrected chi connectivity index (χ4v) is 3.37. The zero-order chi connectivity index (χ0) is 19.2. The van der Waals surface area contributed by atoms with E-state index in [-0.39, 0.29) is 36.1 Å². The van der Waals surface area contributed by atoms with Crippen LogP contribution in [0.15, 0.2) is 4.99 Å². The summed E-state index contributed by atoms with van der Waals surface area (Å²) < 4.78 is 5.40. The highest BCUT2D eigenvalue weighted by Crippen LogP contribution is 2.17. The monoisotopic (exact) mass is 495 g/mol. The molecular formula is C19H38IN5O2. The Morgan fingerprint density at radius 3 is 2.52 bits per heavy atom. The second kappa shape index (κ2) is 11.3. The Morgan fingerprint density at radius 2 is 1.93 bits per heavy atom. The molecule has 8 heteroatoms. The summed E-state index contributed by atoms with van der Waals surface area (Å²) in [5.41, 5.74) is -0.446. The number of amides is 1. The molecule has 1 amide bonds. The van der Waals surface area contributed by atoms with Crippen molar-refractivity contribution in [1.29, 1.82) is 0 Å². The molecule has 2 saturated heterocycles. The number of hydrogen-bond acceptors (Lipinski definition) is 4.